The van der Waals surface area contributed by atoms with Crippen LogP contribution in [0.4, 0.5) is 11.5 Å². The molecule has 0 atom stereocenters. The van der Waals surface area contributed by atoms with E-state index in [-0.39, 0.29) is 0 Å². The summed E-state index contributed by atoms with van der Waals surface area (Å²) in [6.07, 6.45) is 1.88. The maximum absolute atomic E-state index is 5.61. The van der Waals surface area contributed by atoms with E-state index in [4.69, 9.17) is 11.5 Å². The first kappa shape index (κ1) is 6.86. The van der Waals surface area contributed by atoms with Crippen molar-refractivity contribution in [3.63, 3.8) is 0 Å². The van der Waals surface area contributed by atoms with Gasteiger partial charge in [0.1, 0.15) is 0 Å². The standard InChI is InChI=1S/C7H11N3/c1-2-10-4-3-6(8)5-7(10)9/h3-5H,2H2,1H3,(H3,8,9)/p+1. The van der Waals surface area contributed by atoms with E-state index >= 15 is 0 Å². The summed E-state index contributed by atoms with van der Waals surface area (Å²) in [6, 6.07) is 3.59. The summed E-state index contributed by atoms with van der Waals surface area (Å²) < 4.78 is 1.93. The highest BCUT2D eigenvalue weighted by Gasteiger charge is 1.99. The Morgan fingerprint density at radius 3 is 2.70 bits per heavy atom. The Bertz CT molecular complexity index is 232. The predicted octanol–water partition coefficient (Wildman–Crippen LogP) is 0.158. The lowest BCUT2D eigenvalue weighted by Crippen LogP contribution is -2.35. The normalized spacial score (nSPS) is 9.70. The second-order valence-electron chi connectivity index (χ2n) is 2.17. The molecule has 54 valence electrons. The molecule has 1 rings (SSSR count). The van der Waals surface area contributed by atoms with Crippen LogP contribution in [0.5, 0.6) is 0 Å². The fourth-order valence-electron chi connectivity index (χ4n) is 0.852. The number of nitrogen functional groups attached to an aromatic ring is 2. The van der Waals surface area contributed by atoms with Gasteiger partial charge in [-0.3, -0.25) is 5.73 Å². The van der Waals surface area contributed by atoms with Gasteiger partial charge in [0.25, 0.3) is 5.82 Å². The minimum Gasteiger partial charge on any atom is -0.398 e. The Kier molecular flexibility index (Phi) is 1.76. The number of aromatic nitrogens is 1. The number of pyridine rings is 1. The molecule has 1 aromatic rings. The molecule has 0 saturated heterocycles. The van der Waals surface area contributed by atoms with E-state index in [0.29, 0.717) is 11.5 Å². The highest BCUT2D eigenvalue weighted by molar-refractivity contribution is 5.42. The van der Waals surface area contributed by atoms with Crippen molar-refractivity contribution in [2.45, 2.75) is 13.5 Å². The van der Waals surface area contributed by atoms with Gasteiger partial charge in [0.2, 0.25) is 0 Å². The minimum absolute atomic E-state index is 0.710. The summed E-state index contributed by atoms with van der Waals surface area (Å²) in [5, 5.41) is 0. The summed E-state index contributed by atoms with van der Waals surface area (Å²) in [5.74, 6) is 0.711. The van der Waals surface area contributed by atoms with Crippen LogP contribution in [-0.2, 0) is 6.54 Å². The first-order chi connectivity index (χ1) is 4.74. The number of hydrogen-bond donors (Lipinski definition) is 2. The average molecular weight is 138 g/mol. The molecule has 0 saturated carbocycles. The van der Waals surface area contributed by atoms with Crippen LogP contribution in [-0.4, -0.2) is 0 Å². The fourth-order valence-corrected chi connectivity index (χ4v) is 0.852. The van der Waals surface area contributed by atoms with Crippen molar-refractivity contribution in [1.82, 2.24) is 0 Å². The van der Waals surface area contributed by atoms with Crippen LogP contribution in [0.25, 0.3) is 0 Å². The van der Waals surface area contributed by atoms with Crippen molar-refractivity contribution < 1.29 is 4.57 Å². The highest BCUT2D eigenvalue weighted by Crippen LogP contribution is 2.01. The first-order valence-corrected chi connectivity index (χ1v) is 3.28. The number of aryl methyl sites for hydroxylation is 1. The molecule has 0 radical (unpaired) electrons. The minimum atomic E-state index is 0.710. The summed E-state index contributed by atoms with van der Waals surface area (Å²) in [4.78, 5) is 0. The molecule has 3 nitrogen and oxygen atoms in total. The number of rotatable bonds is 1. The van der Waals surface area contributed by atoms with Gasteiger partial charge < -0.3 is 5.73 Å². The predicted molar refractivity (Wildman–Crippen MR) is 41.1 cm³/mol. The van der Waals surface area contributed by atoms with Crippen molar-refractivity contribution in [2.75, 3.05) is 11.5 Å². The van der Waals surface area contributed by atoms with Crippen molar-refractivity contribution in [2.24, 2.45) is 0 Å². The smallest absolute Gasteiger partial charge is 0.274 e. The molecule has 10 heavy (non-hydrogen) atoms. The van der Waals surface area contributed by atoms with Crippen LogP contribution in [0, 0.1) is 0 Å². The van der Waals surface area contributed by atoms with Crippen LogP contribution in [0.1, 0.15) is 6.92 Å². The topological polar surface area (TPSA) is 55.9 Å². The number of nitrogens with zero attached hydrogens (tertiary/aromatic N) is 1. The molecule has 4 N–H and O–H groups in total. The molecule has 0 unspecified atom stereocenters. The number of anilines is 2. The van der Waals surface area contributed by atoms with Gasteiger partial charge in [-0.2, -0.15) is 0 Å². The van der Waals surface area contributed by atoms with Crippen molar-refractivity contribution in [3.05, 3.63) is 18.3 Å². The monoisotopic (exact) mass is 138 g/mol. The summed E-state index contributed by atoms with van der Waals surface area (Å²) >= 11 is 0. The maximum Gasteiger partial charge on any atom is 0.274 e. The lowest BCUT2D eigenvalue weighted by molar-refractivity contribution is -0.679. The lowest BCUT2D eigenvalue weighted by Gasteiger charge is -1.98. The van der Waals surface area contributed by atoms with E-state index < -0.39 is 0 Å². The summed E-state index contributed by atoms with van der Waals surface area (Å²) in [6.45, 7) is 2.92. The van der Waals surface area contributed by atoms with Crippen LogP contribution in [0.15, 0.2) is 18.3 Å². The molecule has 0 amide bonds. The third kappa shape index (κ3) is 1.18. The van der Waals surface area contributed by atoms with Crippen molar-refractivity contribution in [3.8, 4) is 0 Å². The molecule has 0 aromatic carbocycles. The Balaban J connectivity index is 3.07. The third-order valence-corrected chi connectivity index (χ3v) is 1.43. The Morgan fingerprint density at radius 2 is 2.20 bits per heavy atom. The van der Waals surface area contributed by atoms with E-state index in [1.165, 1.54) is 0 Å². The van der Waals surface area contributed by atoms with Crippen LogP contribution < -0.4 is 16.0 Å². The van der Waals surface area contributed by atoms with Gasteiger partial charge in [-0.1, -0.05) is 0 Å². The number of nitrogens with two attached hydrogens (primary N) is 2. The Hall–Kier alpha value is -1.25. The van der Waals surface area contributed by atoms with Crippen LogP contribution in [0.3, 0.4) is 0 Å². The molecule has 1 heterocycles. The van der Waals surface area contributed by atoms with Gasteiger partial charge in [0.05, 0.1) is 18.8 Å². The summed E-state index contributed by atoms with van der Waals surface area (Å²) in [7, 11) is 0. The zero-order valence-corrected chi connectivity index (χ0v) is 6.04. The van der Waals surface area contributed by atoms with Crippen molar-refractivity contribution >= 4 is 11.5 Å². The SMILES string of the molecule is CC[n+]1ccc(N)cc1N. The Morgan fingerprint density at radius 1 is 1.50 bits per heavy atom. The van der Waals surface area contributed by atoms with Crippen molar-refractivity contribution in [1.29, 1.82) is 0 Å². The van der Waals surface area contributed by atoms with Gasteiger partial charge in [0.15, 0.2) is 0 Å². The fraction of sp³-hybridized carbons (Fsp3) is 0.286. The zero-order chi connectivity index (χ0) is 7.56. The molecule has 0 aliphatic heterocycles. The van der Waals surface area contributed by atoms with E-state index in [2.05, 4.69) is 0 Å². The Labute approximate surface area is 60.3 Å². The van der Waals surface area contributed by atoms with Crippen LogP contribution >= 0.6 is 0 Å². The van der Waals surface area contributed by atoms with Gasteiger partial charge in [0, 0.05) is 11.8 Å². The summed E-state index contributed by atoms with van der Waals surface area (Å²) in [5.41, 5.74) is 11.8. The largest absolute Gasteiger partial charge is 0.398 e. The second-order valence-corrected chi connectivity index (χ2v) is 2.17. The number of hydrogen-bond acceptors (Lipinski definition) is 2. The van der Waals surface area contributed by atoms with E-state index in [9.17, 15) is 0 Å². The molecule has 3 heteroatoms. The second kappa shape index (κ2) is 2.56. The molecule has 0 bridgehead atoms. The first-order valence-electron chi connectivity index (χ1n) is 3.28. The highest BCUT2D eigenvalue weighted by atomic mass is 15.0. The average Bonchev–Trinajstić information content (AvgIpc) is 1.88. The molecule has 0 spiro atoms. The molecule has 0 aliphatic rings. The lowest BCUT2D eigenvalue weighted by atomic mass is 10.4. The maximum atomic E-state index is 5.61. The van der Waals surface area contributed by atoms with Gasteiger partial charge in [-0.25, -0.2) is 4.57 Å². The van der Waals surface area contributed by atoms with Crippen LogP contribution in [0.2, 0.25) is 0 Å². The molecule has 0 aliphatic carbocycles. The van der Waals surface area contributed by atoms with Gasteiger partial charge in [-0.15, -0.1) is 0 Å². The van der Waals surface area contributed by atoms with Gasteiger partial charge >= 0.3 is 0 Å². The molecular formula is C7H12N3+. The molecule has 1 aromatic heterocycles. The molecule has 0 fully saturated rings. The van der Waals surface area contributed by atoms with E-state index in [1.54, 1.807) is 6.07 Å². The van der Waals surface area contributed by atoms with Gasteiger partial charge in [-0.05, 0) is 6.92 Å². The molecular weight excluding hydrogens is 126 g/mol. The zero-order valence-electron chi connectivity index (χ0n) is 6.04. The van der Waals surface area contributed by atoms with E-state index in [0.717, 1.165) is 6.54 Å². The third-order valence-electron chi connectivity index (χ3n) is 1.43. The van der Waals surface area contributed by atoms with E-state index in [1.807, 2.05) is 23.8 Å². The quantitative estimate of drug-likeness (QED) is 0.543.